The lowest BCUT2D eigenvalue weighted by atomic mass is 10.1. The fourth-order valence-corrected chi connectivity index (χ4v) is 4.67. The van der Waals surface area contributed by atoms with Gasteiger partial charge < -0.3 is 24.4 Å². The van der Waals surface area contributed by atoms with Crippen molar-refractivity contribution in [2.24, 2.45) is 0 Å². The third-order valence-corrected chi connectivity index (χ3v) is 6.10. The van der Waals surface area contributed by atoms with Crippen molar-refractivity contribution in [3.05, 3.63) is 17.9 Å². The number of nitrogens with one attached hydrogen (secondary N) is 1. The number of carbonyl (C=O) groups is 2. The Morgan fingerprint density at radius 2 is 2.14 bits per heavy atom. The molecule has 152 valence electrons. The average Bonchev–Trinajstić information content (AvgIpc) is 2.90. The van der Waals surface area contributed by atoms with Crippen molar-refractivity contribution in [1.29, 1.82) is 0 Å². The van der Waals surface area contributed by atoms with Crippen LogP contribution in [-0.4, -0.2) is 69.2 Å². The van der Waals surface area contributed by atoms with Gasteiger partial charge in [-0.05, 0) is 0 Å². The van der Waals surface area contributed by atoms with E-state index in [1.807, 2.05) is 16.7 Å². The summed E-state index contributed by atoms with van der Waals surface area (Å²) in [6.07, 6.45) is -1.24. The summed E-state index contributed by atoms with van der Waals surface area (Å²) in [6, 6.07) is 2.67. The van der Waals surface area contributed by atoms with Crippen LogP contribution in [0.5, 0.6) is 5.75 Å². The zero-order valence-electron chi connectivity index (χ0n) is 15.5. The number of ether oxygens (including phenoxy) is 3. The van der Waals surface area contributed by atoms with Crippen molar-refractivity contribution >= 4 is 35.3 Å². The molecule has 0 bridgehead atoms. The summed E-state index contributed by atoms with van der Waals surface area (Å²) in [5, 5.41) is 2.55. The van der Waals surface area contributed by atoms with Gasteiger partial charge in [-0.2, -0.15) is 11.8 Å². The van der Waals surface area contributed by atoms with Crippen LogP contribution >= 0.6 is 11.8 Å². The van der Waals surface area contributed by atoms with Crippen molar-refractivity contribution in [2.75, 3.05) is 54.7 Å². The fraction of sp³-hybridized carbons (Fsp3) is 0.556. The van der Waals surface area contributed by atoms with Crippen molar-refractivity contribution in [2.45, 2.75) is 18.6 Å². The lowest BCUT2D eigenvalue weighted by molar-refractivity contribution is 0.120. The van der Waals surface area contributed by atoms with Gasteiger partial charge in [-0.1, -0.05) is 0 Å². The first-order valence-corrected chi connectivity index (χ1v) is 10.3. The van der Waals surface area contributed by atoms with E-state index in [2.05, 4.69) is 10.1 Å². The first-order valence-electron chi connectivity index (χ1n) is 9.19. The number of alkyl carbamates (subject to hydrolysis) is 1. The summed E-state index contributed by atoms with van der Waals surface area (Å²) in [5.74, 6) is 1.98. The van der Waals surface area contributed by atoms with E-state index in [9.17, 15) is 14.0 Å². The van der Waals surface area contributed by atoms with Crippen LogP contribution in [0.2, 0.25) is 0 Å². The number of anilines is 2. The third-order valence-electron chi connectivity index (χ3n) is 5.15. The number of nitrogens with zero attached hydrogens (tertiary/aromatic N) is 2. The Bertz CT molecular complexity index is 774. The number of amides is 2. The van der Waals surface area contributed by atoms with Crippen LogP contribution in [0.15, 0.2) is 12.1 Å². The molecular weight excluding hydrogens is 389 g/mol. The van der Waals surface area contributed by atoms with Crippen LogP contribution in [0.25, 0.3) is 0 Å². The molecule has 0 aliphatic carbocycles. The van der Waals surface area contributed by atoms with Gasteiger partial charge in [0, 0.05) is 43.1 Å². The molecule has 0 spiro atoms. The van der Waals surface area contributed by atoms with Gasteiger partial charge in [0.2, 0.25) is 0 Å². The van der Waals surface area contributed by atoms with E-state index < -0.39 is 18.3 Å². The molecule has 0 saturated carbocycles. The highest BCUT2D eigenvalue weighted by Gasteiger charge is 2.45. The van der Waals surface area contributed by atoms with Gasteiger partial charge >= 0.3 is 12.2 Å². The zero-order valence-corrected chi connectivity index (χ0v) is 16.3. The predicted molar refractivity (Wildman–Crippen MR) is 103 cm³/mol. The Kier molecular flexibility index (Phi) is 5.38. The molecule has 1 aromatic carbocycles. The second-order valence-electron chi connectivity index (χ2n) is 6.74. The number of halogens is 1. The van der Waals surface area contributed by atoms with E-state index in [1.165, 1.54) is 18.1 Å². The second-order valence-corrected chi connectivity index (χ2v) is 7.96. The number of cyclic esters (lactones) is 1. The number of fused-ring (bicyclic) bond motifs is 3. The lowest BCUT2D eigenvalue weighted by Gasteiger charge is -2.30. The number of carbonyl (C=O) groups excluding carboxylic acids is 2. The van der Waals surface area contributed by atoms with E-state index >= 15 is 0 Å². The molecule has 2 saturated heterocycles. The Hall–Kier alpha value is -2.36. The van der Waals surface area contributed by atoms with Gasteiger partial charge in [0.15, 0.2) is 0 Å². The molecule has 3 heterocycles. The zero-order chi connectivity index (χ0) is 19.7. The molecule has 2 amide bonds. The van der Waals surface area contributed by atoms with Crippen LogP contribution < -0.4 is 19.9 Å². The Labute approximate surface area is 166 Å². The first-order chi connectivity index (χ1) is 13.6. The normalized spacial score (nSPS) is 23.9. The van der Waals surface area contributed by atoms with E-state index in [-0.39, 0.29) is 18.4 Å². The highest BCUT2D eigenvalue weighted by atomic mass is 32.2. The van der Waals surface area contributed by atoms with Crippen molar-refractivity contribution in [1.82, 2.24) is 5.32 Å². The summed E-state index contributed by atoms with van der Waals surface area (Å²) in [4.78, 5) is 27.3. The highest BCUT2D eigenvalue weighted by molar-refractivity contribution is 7.99. The molecule has 3 aliphatic heterocycles. The molecule has 10 heteroatoms. The number of thioether (sulfide) groups is 1. The van der Waals surface area contributed by atoms with Crippen molar-refractivity contribution in [3.8, 4) is 5.75 Å². The average molecular weight is 411 g/mol. The predicted octanol–water partition coefficient (Wildman–Crippen LogP) is 2.21. The molecule has 4 rings (SSSR count). The molecule has 0 aromatic heterocycles. The van der Waals surface area contributed by atoms with Crippen molar-refractivity contribution < 1.29 is 28.2 Å². The van der Waals surface area contributed by atoms with Crippen LogP contribution in [-0.2, 0) is 9.47 Å². The third kappa shape index (κ3) is 3.52. The molecule has 2 fully saturated rings. The maximum atomic E-state index is 14.9. The minimum absolute atomic E-state index is 0.112. The van der Waals surface area contributed by atoms with Gasteiger partial charge in [0.05, 0.1) is 37.7 Å². The molecule has 28 heavy (non-hydrogen) atoms. The number of benzene rings is 1. The van der Waals surface area contributed by atoms with Crippen LogP contribution in [0.3, 0.4) is 0 Å². The van der Waals surface area contributed by atoms with Gasteiger partial charge in [-0.25, -0.2) is 14.0 Å². The topological polar surface area (TPSA) is 80.3 Å². The van der Waals surface area contributed by atoms with Crippen LogP contribution in [0.1, 0.15) is 6.42 Å². The minimum atomic E-state index is -0.602. The molecule has 8 nitrogen and oxygen atoms in total. The molecule has 3 aliphatic rings. The Morgan fingerprint density at radius 1 is 1.36 bits per heavy atom. The van der Waals surface area contributed by atoms with Crippen LogP contribution in [0.4, 0.5) is 25.4 Å². The largest absolute Gasteiger partial charge is 0.491 e. The summed E-state index contributed by atoms with van der Waals surface area (Å²) < 4.78 is 30.8. The summed E-state index contributed by atoms with van der Waals surface area (Å²) >= 11 is 1.85. The molecule has 2 atom stereocenters. The molecule has 1 N–H and O–H groups in total. The molecular formula is C18H22FN3O5S. The van der Waals surface area contributed by atoms with Gasteiger partial charge in [-0.15, -0.1) is 0 Å². The standard InChI is InChI=1S/C18H22FN3O5S/c1-25-17(23)20-10-16-12-2-5-26-15-9-13(21-3-6-28-7-4-21)11(19)8-14(15)22(12)18(24)27-16/h8-9,12,16H,2-7,10H2,1H3,(H,20,23)/t12-,16-/m1/s1. The van der Waals surface area contributed by atoms with Gasteiger partial charge in [0.1, 0.15) is 17.7 Å². The monoisotopic (exact) mass is 411 g/mol. The summed E-state index contributed by atoms with van der Waals surface area (Å²) in [6.45, 7) is 2.02. The van der Waals surface area contributed by atoms with Crippen molar-refractivity contribution in [3.63, 3.8) is 0 Å². The number of hydrogen-bond acceptors (Lipinski definition) is 7. The number of methoxy groups -OCH3 is 1. The Balaban J connectivity index is 1.60. The van der Waals surface area contributed by atoms with E-state index in [0.717, 1.165) is 24.6 Å². The van der Waals surface area contributed by atoms with E-state index in [4.69, 9.17) is 9.47 Å². The molecule has 0 unspecified atom stereocenters. The van der Waals surface area contributed by atoms with Gasteiger partial charge in [0.25, 0.3) is 0 Å². The van der Waals surface area contributed by atoms with Crippen LogP contribution in [0, 0.1) is 5.82 Å². The lowest BCUT2D eigenvalue weighted by Crippen LogP contribution is -2.42. The maximum absolute atomic E-state index is 14.9. The number of rotatable bonds is 3. The first kappa shape index (κ1) is 19.0. The minimum Gasteiger partial charge on any atom is -0.491 e. The smallest absolute Gasteiger partial charge is 0.415 e. The summed E-state index contributed by atoms with van der Waals surface area (Å²) in [7, 11) is 1.26. The summed E-state index contributed by atoms with van der Waals surface area (Å²) in [5.41, 5.74) is 0.856. The maximum Gasteiger partial charge on any atom is 0.415 e. The van der Waals surface area contributed by atoms with Gasteiger partial charge in [-0.3, -0.25) is 4.90 Å². The quantitative estimate of drug-likeness (QED) is 0.817. The number of hydrogen-bond donors (Lipinski definition) is 1. The molecule has 1 aromatic rings. The SMILES string of the molecule is COC(=O)NC[C@H]1OC(=O)N2c3cc(F)c(N4CCSCC4)cc3OCC[C@H]12. The Morgan fingerprint density at radius 3 is 2.89 bits per heavy atom. The fourth-order valence-electron chi connectivity index (χ4n) is 3.76. The molecule has 0 radical (unpaired) electrons. The van der Waals surface area contributed by atoms with E-state index in [1.54, 1.807) is 6.07 Å². The second kappa shape index (κ2) is 7.94. The van der Waals surface area contributed by atoms with E-state index in [0.29, 0.717) is 30.2 Å². The highest BCUT2D eigenvalue weighted by Crippen LogP contribution is 2.42.